The molecule has 0 saturated heterocycles. The highest BCUT2D eigenvalue weighted by Crippen LogP contribution is 2.35. The Morgan fingerprint density at radius 3 is 2.65 bits per heavy atom. The highest BCUT2D eigenvalue weighted by atomic mass is 35.5. The first-order valence-electron chi connectivity index (χ1n) is 11.7. The zero-order valence-electron chi connectivity index (χ0n) is 20.9. The number of hydrogen-bond donors (Lipinski definition) is 4. The van der Waals surface area contributed by atoms with E-state index in [9.17, 15) is 4.79 Å². The lowest BCUT2D eigenvalue weighted by Gasteiger charge is -2.12. The van der Waals surface area contributed by atoms with E-state index in [1.165, 1.54) is 0 Å². The van der Waals surface area contributed by atoms with Crippen LogP contribution in [0.5, 0.6) is 0 Å². The normalized spacial score (nSPS) is 10.7. The zero-order valence-corrected chi connectivity index (χ0v) is 21.6. The first-order chi connectivity index (χ1) is 17.7. The van der Waals surface area contributed by atoms with Crippen LogP contribution in [0.4, 0.5) is 11.6 Å². The number of rotatable bonds is 7. The number of nitrogens with two attached hydrogens (primary N) is 2. The van der Waals surface area contributed by atoms with Crippen LogP contribution in [-0.2, 0) is 0 Å². The number of anilines is 2. The van der Waals surface area contributed by atoms with E-state index in [1.807, 2.05) is 51.4 Å². The number of aryl methyl sites for hydroxylation is 1. The number of nitrogen functional groups attached to an aromatic ring is 1. The summed E-state index contributed by atoms with van der Waals surface area (Å²) in [6.07, 6.45) is 1.55. The summed E-state index contributed by atoms with van der Waals surface area (Å²) in [5.41, 5.74) is 17.3. The van der Waals surface area contributed by atoms with Gasteiger partial charge >= 0.3 is 0 Å². The van der Waals surface area contributed by atoms with Gasteiger partial charge < -0.3 is 26.7 Å². The molecule has 1 amide bonds. The second-order valence-corrected chi connectivity index (χ2v) is 9.21. The van der Waals surface area contributed by atoms with Crippen molar-refractivity contribution in [2.75, 3.05) is 38.2 Å². The average molecular weight is 514 g/mol. The standard InChI is InChI=1S/C28H28ClN7O/c1-17-8-10-19(29)16-21(17)26-24(27(30)37)20(25(35-26)23-12-13-33-28(31)34-23)11-9-18-6-4-5-7-22(18)32-14-15-36(2)3/h4-8,10,12-13,16,32,35H,14-15H2,1-3H3,(H2,30,37)(H2,31,33,34). The van der Waals surface area contributed by atoms with Crippen LogP contribution in [-0.4, -0.2) is 52.9 Å². The SMILES string of the molecule is Cc1ccc(Cl)cc1-c1[nH]c(-c2ccnc(N)n2)c(C#Cc2ccccc2NCCN(C)C)c1C(N)=O. The minimum Gasteiger partial charge on any atom is -0.383 e. The number of nitrogens with one attached hydrogen (secondary N) is 2. The second-order valence-electron chi connectivity index (χ2n) is 8.77. The van der Waals surface area contributed by atoms with Crippen LogP contribution in [0.15, 0.2) is 54.7 Å². The van der Waals surface area contributed by atoms with Crippen molar-refractivity contribution in [2.24, 2.45) is 5.73 Å². The number of nitrogens with zero attached hydrogens (tertiary/aromatic N) is 3. The number of para-hydroxylation sites is 1. The minimum atomic E-state index is -0.624. The molecule has 0 aliphatic rings. The second kappa shape index (κ2) is 11.2. The number of likely N-dealkylation sites (N-methyl/N-ethyl adjacent to an activating group) is 1. The van der Waals surface area contributed by atoms with E-state index in [4.69, 9.17) is 23.1 Å². The number of halogens is 1. The van der Waals surface area contributed by atoms with Crippen molar-refractivity contribution in [1.82, 2.24) is 19.9 Å². The Balaban J connectivity index is 1.91. The molecule has 188 valence electrons. The predicted molar refractivity (Wildman–Crippen MR) is 149 cm³/mol. The summed E-state index contributed by atoms with van der Waals surface area (Å²) in [7, 11) is 4.04. The molecule has 2 aromatic carbocycles. The number of carbonyl (C=O) groups is 1. The number of aromatic nitrogens is 3. The van der Waals surface area contributed by atoms with Crippen LogP contribution >= 0.6 is 11.6 Å². The fraction of sp³-hybridized carbons (Fsp3) is 0.179. The molecule has 0 atom stereocenters. The number of hydrogen-bond acceptors (Lipinski definition) is 6. The summed E-state index contributed by atoms with van der Waals surface area (Å²) < 4.78 is 0. The van der Waals surface area contributed by atoms with Crippen LogP contribution in [0.25, 0.3) is 22.6 Å². The van der Waals surface area contributed by atoms with E-state index in [1.54, 1.807) is 24.4 Å². The van der Waals surface area contributed by atoms with Crippen LogP contribution in [0.2, 0.25) is 5.02 Å². The molecule has 0 unspecified atom stereocenters. The van der Waals surface area contributed by atoms with E-state index in [2.05, 4.69) is 37.0 Å². The van der Waals surface area contributed by atoms with Gasteiger partial charge in [0, 0.05) is 41.1 Å². The number of benzene rings is 2. The van der Waals surface area contributed by atoms with Crippen molar-refractivity contribution in [3.63, 3.8) is 0 Å². The molecule has 0 spiro atoms. The Morgan fingerprint density at radius 2 is 1.92 bits per heavy atom. The molecule has 9 heteroatoms. The highest BCUT2D eigenvalue weighted by molar-refractivity contribution is 6.31. The third kappa shape index (κ3) is 5.92. The summed E-state index contributed by atoms with van der Waals surface area (Å²) in [6, 6.07) is 14.9. The lowest BCUT2D eigenvalue weighted by molar-refractivity contribution is 0.100. The van der Waals surface area contributed by atoms with E-state index in [0.717, 1.165) is 35.5 Å². The summed E-state index contributed by atoms with van der Waals surface area (Å²) in [5, 5.41) is 3.95. The van der Waals surface area contributed by atoms with Crippen molar-refractivity contribution in [3.8, 4) is 34.5 Å². The maximum absolute atomic E-state index is 12.8. The van der Waals surface area contributed by atoms with Crippen LogP contribution in [0.3, 0.4) is 0 Å². The van der Waals surface area contributed by atoms with Crippen LogP contribution in [0, 0.1) is 18.8 Å². The quantitative estimate of drug-likeness (QED) is 0.275. The van der Waals surface area contributed by atoms with Gasteiger partial charge in [-0.25, -0.2) is 9.97 Å². The number of aromatic amines is 1. The van der Waals surface area contributed by atoms with Crippen LogP contribution < -0.4 is 16.8 Å². The third-order valence-corrected chi connectivity index (χ3v) is 6.00. The van der Waals surface area contributed by atoms with Crippen molar-refractivity contribution < 1.29 is 4.79 Å². The van der Waals surface area contributed by atoms with Gasteiger partial charge in [-0.2, -0.15) is 0 Å². The summed E-state index contributed by atoms with van der Waals surface area (Å²) in [6.45, 7) is 3.56. The third-order valence-electron chi connectivity index (χ3n) is 5.77. The average Bonchev–Trinajstić information content (AvgIpc) is 3.24. The van der Waals surface area contributed by atoms with Gasteiger partial charge in [-0.1, -0.05) is 41.6 Å². The minimum absolute atomic E-state index is 0.0996. The van der Waals surface area contributed by atoms with E-state index in [-0.39, 0.29) is 11.5 Å². The smallest absolute Gasteiger partial charge is 0.252 e. The monoisotopic (exact) mass is 513 g/mol. The molecule has 0 bridgehead atoms. The molecule has 37 heavy (non-hydrogen) atoms. The molecule has 0 radical (unpaired) electrons. The molecule has 4 aromatic rings. The predicted octanol–water partition coefficient (Wildman–Crippen LogP) is 4.15. The number of amides is 1. The van der Waals surface area contributed by atoms with Crippen molar-refractivity contribution in [2.45, 2.75) is 6.92 Å². The lowest BCUT2D eigenvalue weighted by atomic mass is 9.99. The molecule has 0 aliphatic carbocycles. The molecule has 6 N–H and O–H groups in total. The number of H-pyrrole nitrogens is 1. The van der Waals surface area contributed by atoms with Gasteiger partial charge in [0.2, 0.25) is 5.95 Å². The largest absolute Gasteiger partial charge is 0.383 e. The molecular formula is C28H28ClN7O. The first kappa shape index (κ1) is 25.8. The molecule has 0 saturated carbocycles. The lowest BCUT2D eigenvalue weighted by Crippen LogP contribution is -2.21. The maximum Gasteiger partial charge on any atom is 0.252 e. The molecule has 2 heterocycles. The van der Waals surface area contributed by atoms with Gasteiger partial charge in [-0.15, -0.1) is 0 Å². The van der Waals surface area contributed by atoms with Gasteiger partial charge in [-0.05, 0) is 56.9 Å². The highest BCUT2D eigenvalue weighted by Gasteiger charge is 2.24. The molecule has 0 fully saturated rings. The fourth-order valence-corrected chi connectivity index (χ4v) is 4.10. The van der Waals surface area contributed by atoms with Gasteiger partial charge in [-0.3, -0.25) is 4.79 Å². The van der Waals surface area contributed by atoms with E-state index >= 15 is 0 Å². The van der Waals surface area contributed by atoms with Crippen molar-refractivity contribution >= 4 is 29.1 Å². The Morgan fingerprint density at radius 1 is 1.14 bits per heavy atom. The molecule has 0 aliphatic heterocycles. The first-order valence-corrected chi connectivity index (χ1v) is 12.0. The topological polar surface area (TPSA) is 126 Å². The zero-order chi connectivity index (χ0) is 26.5. The summed E-state index contributed by atoms with van der Waals surface area (Å²) >= 11 is 6.30. The van der Waals surface area contributed by atoms with Crippen molar-refractivity contribution in [3.05, 3.63) is 82.0 Å². The van der Waals surface area contributed by atoms with E-state index in [0.29, 0.717) is 27.7 Å². The maximum atomic E-state index is 12.8. The summed E-state index contributed by atoms with van der Waals surface area (Å²) in [5.74, 6) is 5.89. The molecule has 2 aromatic heterocycles. The van der Waals surface area contributed by atoms with Gasteiger partial charge in [0.1, 0.15) is 0 Å². The van der Waals surface area contributed by atoms with Crippen LogP contribution in [0.1, 0.15) is 27.0 Å². The van der Waals surface area contributed by atoms with Gasteiger partial charge in [0.15, 0.2) is 0 Å². The number of primary amides is 1. The molecular weight excluding hydrogens is 486 g/mol. The fourth-order valence-electron chi connectivity index (χ4n) is 3.93. The van der Waals surface area contributed by atoms with Gasteiger partial charge in [0.05, 0.1) is 28.2 Å². The Bertz CT molecular complexity index is 1510. The van der Waals surface area contributed by atoms with Crippen molar-refractivity contribution in [1.29, 1.82) is 0 Å². The Kier molecular flexibility index (Phi) is 7.77. The Hall–Kier alpha value is -4.32. The van der Waals surface area contributed by atoms with Gasteiger partial charge in [0.25, 0.3) is 5.91 Å². The van der Waals surface area contributed by atoms with E-state index < -0.39 is 5.91 Å². The molecule has 8 nitrogen and oxygen atoms in total. The molecule has 4 rings (SSSR count). The Labute approximate surface area is 221 Å². The summed E-state index contributed by atoms with van der Waals surface area (Å²) in [4.78, 5) is 26.6. The number of carbonyl (C=O) groups excluding carboxylic acids is 1.